The molecule has 0 aliphatic heterocycles. The highest BCUT2D eigenvalue weighted by atomic mass is 19.1. The molecule has 0 fully saturated rings. The SMILES string of the molecule is CCc1ccccc1NC(=O)N(CC)CC(=O)Nc1cc(-c2ccccc2)nn1-c1ccc(F)cc1. The summed E-state index contributed by atoms with van der Waals surface area (Å²) < 4.78 is 15.1. The van der Waals surface area contributed by atoms with E-state index >= 15 is 0 Å². The van der Waals surface area contributed by atoms with Crippen LogP contribution in [-0.2, 0) is 11.2 Å². The molecule has 3 amide bonds. The maximum absolute atomic E-state index is 13.5. The number of hydrogen-bond donors (Lipinski definition) is 2. The molecule has 0 aliphatic rings. The number of rotatable bonds is 8. The van der Waals surface area contributed by atoms with Crippen LogP contribution < -0.4 is 10.6 Å². The molecule has 184 valence electrons. The Bertz CT molecular complexity index is 1340. The monoisotopic (exact) mass is 485 g/mol. The number of benzene rings is 3. The van der Waals surface area contributed by atoms with E-state index in [1.54, 1.807) is 22.9 Å². The normalized spacial score (nSPS) is 10.6. The van der Waals surface area contributed by atoms with Gasteiger partial charge in [0.1, 0.15) is 18.2 Å². The summed E-state index contributed by atoms with van der Waals surface area (Å²) in [6.07, 6.45) is 0.778. The summed E-state index contributed by atoms with van der Waals surface area (Å²) in [5.74, 6) is -0.328. The zero-order valence-electron chi connectivity index (χ0n) is 20.2. The molecule has 0 aliphatic carbocycles. The largest absolute Gasteiger partial charge is 0.322 e. The fraction of sp³-hybridized carbons (Fsp3) is 0.179. The molecule has 3 aromatic carbocycles. The van der Waals surface area contributed by atoms with E-state index in [-0.39, 0.29) is 24.3 Å². The van der Waals surface area contributed by atoms with Crippen LogP contribution in [0.1, 0.15) is 19.4 Å². The molecule has 4 aromatic rings. The molecule has 1 aromatic heterocycles. The van der Waals surface area contributed by atoms with Crippen molar-refractivity contribution in [1.82, 2.24) is 14.7 Å². The number of halogens is 1. The van der Waals surface area contributed by atoms with E-state index in [0.717, 1.165) is 23.2 Å². The first-order valence-electron chi connectivity index (χ1n) is 11.8. The van der Waals surface area contributed by atoms with Crippen molar-refractivity contribution >= 4 is 23.4 Å². The van der Waals surface area contributed by atoms with E-state index in [9.17, 15) is 14.0 Å². The topological polar surface area (TPSA) is 79.3 Å². The quantitative estimate of drug-likeness (QED) is 0.334. The summed E-state index contributed by atoms with van der Waals surface area (Å²) in [6, 6.07) is 24.4. The average Bonchev–Trinajstić information content (AvgIpc) is 3.32. The van der Waals surface area contributed by atoms with Crippen LogP contribution in [-0.4, -0.2) is 39.7 Å². The molecule has 0 spiro atoms. The number of aryl methyl sites for hydroxylation is 1. The predicted octanol–water partition coefficient (Wildman–Crippen LogP) is 5.73. The summed E-state index contributed by atoms with van der Waals surface area (Å²) in [6.45, 7) is 4.03. The first kappa shape index (κ1) is 24.7. The number of para-hydroxylation sites is 1. The van der Waals surface area contributed by atoms with E-state index in [0.29, 0.717) is 23.7 Å². The molecule has 0 saturated carbocycles. The van der Waals surface area contributed by atoms with Crippen molar-refractivity contribution in [3.8, 4) is 16.9 Å². The van der Waals surface area contributed by atoms with Gasteiger partial charge in [0.2, 0.25) is 5.91 Å². The number of nitrogens with zero attached hydrogens (tertiary/aromatic N) is 3. The number of hydrogen-bond acceptors (Lipinski definition) is 3. The lowest BCUT2D eigenvalue weighted by molar-refractivity contribution is -0.116. The van der Waals surface area contributed by atoms with Gasteiger partial charge in [0.25, 0.3) is 0 Å². The number of carbonyl (C=O) groups is 2. The van der Waals surface area contributed by atoms with E-state index in [4.69, 9.17) is 0 Å². The molecule has 8 heteroatoms. The minimum absolute atomic E-state index is 0.147. The highest BCUT2D eigenvalue weighted by molar-refractivity contribution is 5.97. The second kappa shape index (κ2) is 11.3. The summed E-state index contributed by atoms with van der Waals surface area (Å²) in [5.41, 5.74) is 3.86. The number of nitrogens with one attached hydrogen (secondary N) is 2. The van der Waals surface area contributed by atoms with Crippen LogP contribution in [0.15, 0.2) is 84.9 Å². The molecule has 2 N–H and O–H groups in total. The van der Waals surface area contributed by atoms with Crippen molar-refractivity contribution < 1.29 is 14.0 Å². The fourth-order valence-corrected chi connectivity index (χ4v) is 3.83. The van der Waals surface area contributed by atoms with Gasteiger partial charge in [0.15, 0.2) is 0 Å². The van der Waals surface area contributed by atoms with Gasteiger partial charge in [0.05, 0.1) is 11.4 Å². The van der Waals surface area contributed by atoms with Crippen molar-refractivity contribution in [1.29, 1.82) is 0 Å². The number of amides is 3. The van der Waals surface area contributed by atoms with Crippen LogP contribution in [0.3, 0.4) is 0 Å². The maximum Gasteiger partial charge on any atom is 0.322 e. The van der Waals surface area contributed by atoms with Gasteiger partial charge < -0.3 is 15.5 Å². The number of anilines is 2. The Hall–Kier alpha value is -4.46. The zero-order chi connectivity index (χ0) is 25.5. The number of likely N-dealkylation sites (N-methyl/N-ethyl adjacent to an activating group) is 1. The second-order valence-corrected chi connectivity index (χ2v) is 8.17. The first-order chi connectivity index (χ1) is 17.5. The Balaban J connectivity index is 1.53. The lowest BCUT2D eigenvalue weighted by atomic mass is 10.1. The summed E-state index contributed by atoms with van der Waals surface area (Å²) in [7, 11) is 0. The Morgan fingerprint density at radius 1 is 0.917 bits per heavy atom. The molecule has 0 saturated heterocycles. The molecule has 36 heavy (non-hydrogen) atoms. The number of aromatic nitrogens is 2. The Labute approximate surface area is 209 Å². The average molecular weight is 486 g/mol. The molecule has 0 atom stereocenters. The first-order valence-corrected chi connectivity index (χ1v) is 11.8. The fourth-order valence-electron chi connectivity index (χ4n) is 3.83. The highest BCUT2D eigenvalue weighted by Crippen LogP contribution is 2.25. The van der Waals surface area contributed by atoms with Gasteiger partial charge in [-0.05, 0) is 49.2 Å². The van der Waals surface area contributed by atoms with Crippen molar-refractivity contribution in [3.05, 3.63) is 96.3 Å². The minimum Gasteiger partial charge on any atom is -0.315 e. The lowest BCUT2D eigenvalue weighted by Gasteiger charge is -2.22. The van der Waals surface area contributed by atoms with Gasteiger partial charge >= 0.3 is 6.03 Å². The van der Waals surface area contributed by atoms with Crippen molar-refractivity contribution in [3.63, 3.8) is 0 Å². The summed E-state index contributed by atoms with van der Waals surface area (Å²) in [4.78, 5) is 27.3. The van der Waals surface area contributed by atoms with E-state index in [2.05, 4.69) is 15.7 Å². The van der Waals surface area contributed by atoms with Crippen molar-refractivity contribution in [2.45, 2.75) is 20.3 Å². The van der Waals surface area contributed by atoms with E-state index in [1.165, 1.54) is 17.0 Å². The lowest BCUT2D eigenvalue weighted by Crippen LogP contribution is -2.40. The van der Waals surface area contributed by atoms with Gasteiger partial charge in [-0.25, -0.2) is 13.9 Å². The summed E-state index contributed by atoms with van der Waals surface area (Å²) in [5, 5.41) is 10.4. The van der Waals surface area contributed by atoms with Crippen LogP contribution in [0.4, 0.5) is 20.7 Å². The molecule has 0 radical (unpaired) electrons. The van der Waals surface area contributed by atoms with Crippen LogP contribution in [0, 0.1) is 5.82 Å². The standard InChI is InChI=1S/C28H28FN5O2/c1-3-20-10-8-9-13-24(20)30-28(36)33(4-2)19-27(35)31-26-18-25(21-11-6-5-7-12-21)32-34(26)23-16-14-22(29)15-17-23/h5-18H,3-4,19H2,1-2H3,(H,30,36)(H,31,35). The van der Waals surface area contributed by atoms with Gasteiger partial charge in [-0.3, -0.25) is 4.79 Å². The third-order valence-corrected chi connectivity index (χ3v) is 5.76. The molecule has 0 unspecified atom stereocenters. The molecule has 1 heterocycles. The Kier molecular flexibility index (Phi) is 7.75. The smallest absolute Gasteiger partial charge is 0.315 e. The minimum atomic E-state index is -0.376. The molecular formula is C28H28FN5O2. The number of urea groups is 1. The molecule has 0 bridgehead atoms. The second-order valence-electron chi connectivity index (χ2n) is 8.17. The van der Waals surface area contributed by atoms with Gasteiger partial charge in [0, 0.05) is 23.9 Å². The highest BCUT2D eigenvalue weighted by Gasteiger charge is 2.19. The maximum atomic E-state index is 13.5. The van der Waals surface area contributed by atoms with Gasteiger partial charge in [-0.1, -0.05) is 55.5 Å². The Morgan fingerprint density at radius 2 is 1.61 bits per heavy atom. The molecule has 4 rings (SSSR count). The predicted molar refractivity (Wildman–Crippen MR) is 140 cm³/mol. The van der Waals surface area contributed by atoms with Crippen LogP contribution in [0.25, 0.3) is 16.9 Å². The van der Waals surface area contributed by atoms with E-state index in [1.807, 2.05) is 68.4 Å². The molecule has 7 nitrogen and oxygen atoms in total. The Morgan fingerprint density at radius 3 is 2.31 bits per heavy atom. The van der Waals surface area contributed by atoms with E-state index < -0.39 is 0 Å². The number of carbonyl (C=O) groups excluding carboxylic acids is 2. The summed E-state index contributed by atoms with van der Waals surface area (Å²) >= 11 is 0. The van der Waals surface area contributed by atoms with Crippen molar-refractivity contribution in [2.75, 3.05) is 23.7 Å². The van der Waals surface area contributed by atoms with Gasteiger partial charge in [-0.15, -0.1) is 0 Å². The third-order valence-electron chi connectivity index (χ3n) is 5.76. The van der Waals surface area contributed by atoms with Crippen LogP contribution in [0.2, 0.25) is 0 Å². The molecular weight excluding hydrogens is 457 g/mol. The third kappa shape index (κ3) is 5.78. The zero-order valence-corrected chi connectivity index (χ0v) is 20.2. The van der Waals surface area contributed by atoms with Crippen LogP contribution in [0.5, 0.6) is 0 Å². The van der Waals surface area contributed by atoms with Crippen LogP contribution >= 0.6 is 0 Å². The van der Waals surface area contributed by atoms with Gasteiger partial charge in [-0.2, -0.15) is 5.10 Å². The van der Waals surface area contributed by atoms with Crippen molar-refractivity contribution in [2.24, 2.45) is 0 Å².